The fraction of sp³-hybridized carbons (Fsp3) is 0.125. The Hall–Kier alpha value is -3.29. The SMILES string of the molecule is Cc1cc(OCc2noc(-c3ccc(F)cc3)n2)ccc1[N+](=O)[O-]. The molecule has 0 atom stereocenters. The Labute approximate surface area is 135 Å². The van der Waals surface area contributed by atoms with Gasteiger partial charge in [-0.3, -0.25) is 10.1 Å². The highest BCUT2D eigenvalue weighted by Gasteiger charge is 2.12. The van der Waals surface area contributed by atoms with Crippen LogP contribution in [0.25, 0.3) is 11.5 Å². The molecule has 0 aliphatic heterocycles. The maximum Gasteiger partial charge on any atom is 0.272 e. The number of nitrogens with zero attached hydrogens (tertiary/aromatic N) is 3. The molecule has 0 saturated carbocycles. The van der Waals surface area contributed by atoms with Crippen LogP contribution < -0.4 is 4.74 Å². The van der Waals surface area contributed by atoms with Crippen LogP contribution in [0.2, 0.25) is 0 Å². The topological polar surface area (TPSA) is 91.3 Å². The van der Waals surface area contributed by atoms with E-state index in [4.69, 9.17) is 9.26 Å². The minimum atomic E-state index is -0.451. The fourth-order valence-electron chi connectivity index (χ4n) is 2.09. The molecule has 0 spiro atoms. The van der Waals surface area contributed by atoms with Crippen LogP contribution in [-0.2, 0) is 6.61 Å². The standard InChI is InChI=1S/C16H12FN3O4/c1-10-8-13(6-7-14(10)20(21)22)23-9-15-18-16(24-19-15)11-2-4-12(17)5-3-11/h2-8H,9H2,1H3. The van der Waals surface area contributed by atoms with Crippen molar-refractivity contribution in [3.63, 3.8) is 0 Å². The third-order valence-electron chi connectivity index (χ3n) is 3.29. The predicted octanol–water partition coefficient (Wildman–Crippen LogP) is 3.67. The van der Waals surface area contributed by atoms with Crippen molar-refractivity contribution < 1.29 is 18.6 Å². The fourth-order valence-corrected chi connectivity index (χ4v) is 2.09. The summed E-state index contributed by atoms with van der Waals surface area (Å²) in [5, 5.41) is 14.6. The van der Waals surface area contributed by atoms with Crippen LogP contribution in [0.3, 0.4) is 0 Å². The monoisotopic (exact) mass is 329 g/mol. The Balaban J connectivity index is 1.68. The quantitative estimate of drug-likeness (QED) is 0.524. The lowest BCUT2D eigenvalue weighted by molar-refractivity contribution is -0.385. The van der Waals surface area contributed by atoms with Crippen LogP contribution in [0.4, 0.5) is 10.1 Å². The number of halogens is 1. The van der Waals surface area contributed by atoms with E-state index in [1.165, 1.54) is 36.4 Å². The molecule has 0 radical (unpaired) electrons. The Morgan fingerprint density at radius 3 is 2.67 bits per heavy atom. The molecule has 0 amide bonds. The number of rotatable bonds is 5. The Bertz CT molecular complexity index is 877. The van der Waals surface area contributed by atoms with Crippen LogP contribution in [0.15, 0.2) is 47.0 Å². The highest BCUT2D eigenvalue weighted by molar-refractivity contribution is 5.52. The van der Waals surface area contributed by atoms with Crippen molar-refractivity contribution in [3.8, 4) is 17.2 Å². The normalized spacial score (nSPS) is 10.6. The van der Waals surface area contributed by atoms with E-state index in [1.807, 2.05) is 0 Å². The molecule has 3 aromatic rings. The average Bonchev–Trinajstić information content (AvgIpc) is 3.02. The van der Waals surface area contributed by atoms with Crippen LogP contribution in [0.5, 0.6) is 5.75 Å². The van der Waals surface area contributed by atoms with E-state index >= 15 is 0 Å². The molecule has 0 saturated heterocycles. The van der Waals surface area contributed by atoms with Gasteiger partial charge in [0, 0.05) is 17.2 Å². The first kappa shape index (κ1) is 15.6. The molecular formula is C16H12FN3O4. The van der Waals surface area contributed by atoms with Crippen LogP contribution in [-0.4, -0.2) is 15.1 Å². The van der Waals surface area contributed by atoms with Crippen LogP contribution in [0.1, 0.15) is 11.4 Å². The summed E-state index contributed by atoms with van der Waals surface area (Å²) in [5.74, 6) is 0.681. The number of ether oxygens (including phenoxy) is 1. The molecule has 0 unspecified atom stereocenters. The molecule has 0 aliphatic carbocycles. The van der Waals surface area contributed by atoms with Gasteiger partial charge in [0.1, 0.15) is 11.6 Å². The molecule has 122 valence electrons. The van der Waals surface area contributed by atoms with E-state index in [2.05, 4.69) is 10.1 Å². The number of hydrogen-bond acceptors (Lipinski definition) is 6. The summed E-state index contributed by atoms with van der Waals surface area (Å²) in [7, 11) is 0. The summed E-state index contributed by atoms with van der Waals surface area (Å²) in [4.78, 5) is 14.5. The van der Waals surface area contributed by atoms with Crippen molar-refractivity contribution in [2.24, 2.45) is 0 Å². The Kier molecular flexibility index (Phi) is 4.19. The summed E-state index contributed by atoms with van der Waals surface area (Å²) < 4.78 is 23.5. The minimum Gasteiger partial charge on any atom is -0.485 e. The summed E-state index contributed by atoms with van der Waals surface area (Å²) in [6.07, 6.45) is 0. The van der Waals surface area contributed by atoms with Crippen molar-refractivity contribution in [2.75, 3.05) is 0 Å². The van der Waals surface area contributed by atoms with Crippen molar-refractivity contribution in [3.05, 3.63) is 69.8 Å². The first-order valence-electron chi connectivity index (χ1n) is 6.99. The van der Waals surface area contributed by atoms with Gasteiger partial charge in [-0.25, -0.2) is 4.39 Å². The molecule has 0 fully saturated rings. The number of hydrogen-bond donors (Lipinski definition) is 0. The second kappa shape index (κ2) is 6.45. The first-order valence-corrected chi connectivity index (χ1v) is 6.99. The van der Waals surface area contributed by atoms with Gasteiger partial charge in [0.15, 0.2) is 6.61 Å². The van der Waals surface area contributed by atoms with E-state index in [9.17, 15) is 14.5 Å². The van der Waals surface area contributed by atoms with E-state index in [1.54, 1.807) is 13.0 Å². The summed E-state index contributed by atoms with van der Waals surface area (Å²) in [6, 6.07) is 10.1. The zero-order valence-corrected chi connectivity index (χ0v) is 12.6. The van der Waals surface area contributed by atoms with Crippen molar-refractivity contribution in [1.82, 2.24) is 10.1 Å². The van der Waals surface area contributed by atoms with Crippen LogP contribution >= 0.6 is 0 Å². The molecule has 3 rings (SSSR count). The second-order valence-corrected chi connectivity index (χ2v) is 5.02. The van der Waals surface area contributed by atoms with E-state index in [-0.39, 0.29) is 24.0 Å². The zero-order chi connectivity index (χ0) is 17.1. The van der Waals surface area contributed by atoms with Gasteiger partial charge < -0.3 is 9.26 Å². The molecule has 24 heavy (non-hydrogen) atoms. The van der Waals surface area contributed by atoms with Gasteiger partial charge in [0.05, 0.1) is 4.92 Å². The number of aromatic nitrogens is 2. The Morgan fingerprint density at radius 1 is 1.25 bits per heavy atom. The van der Waals surface area contributed by atoms with Gasteiger partial charge in [-0.05, 0) is 43.3 Å². The number of benzene rings is 2. The summed E-state index contributed by atoms with van der Waals surface area (Å²) in [5.41, 5.74) is 1.12. The van der Waals surface area contributed by atoms with Gasteiger partial charge in [0.25, 0.3) is 11.6 Å². The summed E-state index contributed by atoms with van der Waals surface area (Å²) >= 11 is 0. The largest absolute Gasteiger partial charge is 0.485 e. The molecule has 0 bridgehead atoms. The van der Waals surface area contributed by atoms with E-state index in [0.717, 1.165) is 0 Å². The third-order valence-corrected chi connectivity index (χ3v) is 3.29. The molecule has 2 aromatic carbocycles. The number of nitro benzene ring substituents is 1. The van der Waals surface area contributed by atoms with E-state index < -0.39 is 4.92 Å². The molecule has 1 heterocycles. The smallest absolute Gasteiger partial charge is 0.272 e. The molecule has 1 aromatic heterocycles. The van der Waals surface area contributed by atoms with Crippen molar-refractivity contribution in [2.45, 2.75) is 13.5 Å². The molecule has 0 aliphatic rings. The van der Waals surface area contributed by atoms with Gasteiger partial charge in [-0.15, -0.1) is 0 Å². The molecule has 0 N–H and O–H groups in total. The highest BCUT2D eigenvalue weighted by Crippen LogP contribution is 2.24. The lowest BCUT2D eigenvalue weighted by Crippen LogP contribution is -1.99. The van der Waals surface area contributed by atoms with Crippen LogP contribution in [0, 0.1) is 22.9 Å². The maximum absolute atomic E-state index is 12.9. The Morgan fingerprint density at radius 2 is 2.00 bits per heavy atom. The molecule has 8 heteroatoms. The van der Waals surface area contributed by atoms with Gasteiger partial charge >= 0.3 is 0 Å². The van der Waals surface area contributed by atoms with E-state index in [0.29, 0.717) is 22.7 Å². The third kappa shape index (κ3) is 3.37. The first-order chi connectivity index (χ1) is 11.5. The lowest BCUT2D eigenvalue weighted by atomic mass is 10.2. The van der Waals surface area contributed by atoms with Gasteiger partial charge in [-0.1, -0.05) is 5.16 Å². The predicted molar refractivity (Wildman–Crippen MR) is 81.9 cm³/mol. The lowest BCUT2D eigenvalue weighted by Gasteiger charge is -2.04. The highest BCUT2D eigenvalue weighted by atomic mass is 19.1. The second-order valence-electron chi connectivity index (χ2n) is 5.02. The minimum absolute atomic E-state index is 0.0282. The summed E-state index contributed by atoms with van der Waals surface area (Å²) in [6.45, 7) is 1.67. The zero-order valence-electron chi connectivity index (χ0n) is 12.6. The van der Waals surface area contributed by atoms with Crippen molar-refractivity contribution >= 4 is 5.69 Å². The molecular weight excluding hydrogens is 317 g/mol. The molecule has 7 nitrogen and oxygen atoms in total. The van der Waals surface area contributed by atoms with Crippen molar-refractivity contribution in [1.29, 1.82) is 0 Å². The number of nitro groups is 1. The van der Waals surface area contributed by atoms with Gasteiger partial charge in [-0.2, -0.15) is 4.98 Å². The number of aryl methyl sites for hydroxylation is 1. The maximum atomic E-state index is 12.9. The average molecular weight is 329 g/mol. The van der Waals surface area contributed by atoms with Gasteiger partial charge in [0.2, 0.25) is 5.82 Å².